The zero-order valence-corrected chi connectivity index (χ0v) is 11.6. The molecule has 0 saturated carbocycles. The second-order valence-electron chi connectivity index (χ2n) is 4.56. The van der Waals surface area contributed by atoms with E-state index in [1.807, 2.05) is 10.7 Å². The van der Waals surface area contributed by atoms with Gasteiger partial charge in [0.25, 0.3) is 0 Å². The number of hydrogen-bond donors (Lipinski definition) is 0. The van der Waals surface area contributed by atoms with Gasteiger partial charge in [-0.1, -0.05) is 25.1 Å². The second kappa shape index (κ2) is 6.35. The van der Waals surface area contributed by atoms with Gasteiger partial charge in [0.05, 0.1) is 17.3 Å². The zero-order chi connectivity index (χ0) is 13.7. The van der Waals surface area contributed by atoms with E-state index in [9.17, 15) is 0 Å². The fourth-order valence-corrected chi connectivity index (χ4v) is 2.32. The van der Waals surface area contributed by atoms with Crippen molar-refractivity contribution in [2.45, 2.75) is 33.4 Å². The highest BCUT2D eigenvalue weighted by Gasteiger charge is 2.12. The normalized spacial score (nSPS) is 11.1. The number of nitrogens with zero attached hydrogens (tertiary/aromatic N) is 4. The Morgan fingerprint density at radius 2 is 2.11 bits per heavy atom. The van der Waals surface area contributed by atoms with Gasteiger partial charge in [0.1, 0.15) is 0 Å². The maximum Gasteiger partial charge on any atom is 0.0843 e. The van der Waals surface area contributed by atoms with Gasteiger partial charge < -0.3 is 0 Å². The van der Waals surface area contributed by atoms with Crippen LogP contribution in [0.3, 0.4) is 0 Å². The van der Waals surface area contributed by atoms with Crippen LogP contribution in [-0.4, -0.2) is 27.8 Å². The third-order valence-electron chi connectivity index (χ3n) is 3.39. The summed E-state index contributed by atoms with van der Waals surface area (Å²) in [6.45, 7) is 7.67. The minimum atomic E-state index is 0.570. The van der Waals surface area contributed by atoms with E-state index in [4.69, 9.17) is 10.4 Å². The summed E-state index contributed by atoms with van der Waals surface area (Å²) in [5, 5.41) is 14.6. The summed E-state index contributed by atoms with van der Waals surface area (Å²) in [4.78, 5) is 2.26. The molecular formula is C15H20N4. The van der Waals surface area contributed by atoms with Gasteiger partial charge in [-0.15, -0.1) is 0 Å². The van der Waals surface area contributed by atoms with E-state index in [2.05, 4.69) is 43.0 Å². The molecule has 1 aromatic carbocycles. The molecule has 4 heteroatoms. The van der Waals surface area contributed by atoms with E-state index in [-0.39, 0.29) is 0 Å². The molecule has 0 saturated heterocycles. The summed E-state index contributed by atoms with van der Waals surface area (Å²) in [5.74, 6) is 0. The Balaban J connectivity index is 2.27. The van der Waals surface area contributed by atoms with E-state index < -0.39 is 0 Å². The molecule has 0 N–H and O–H groups in total. The molecule has 1 aromatic heterocycles. The van der Waals surface area contributed by atoms with Crippen LogP contribution in [0.25, 0.3) is 10.9 Å². The smallest absolute Gasteiger partial charge is 0.0843 e. The number of para-hydroxylation sites is 1. The Labute approximate surface area is 114 Å². The van der Waals surface area contributed by atoms with Crippen molar-refractivity contribution >= 4 is 10.9 Å². The molecular weight excluding hydrogens is 236 g/mol. The first-order chi connectivity index (χ1) is 9.30. The van der Waals surface area contributed by atoms with Gasteiger partial charge in [0.15, 0.2) is 0 Å². The van der Waals surface area contributed by atoms with Crippen molar-refractivity contribution in [3.63, 3.8) is 0 Å². The molecule has 1 heterocycles. The summed E-state index contributed by atoms with van der Waals surface area (Å²) in [6.07, 6.45) is 0.570. The number of aryl methyl sites for hydroxylation is 1. The molecule has 0 radical (unpaired) electrons. The van der Waals surface area contributed by atoms with Gasteiger partial charge in [0, 0.05) is 31.4 Å². The number of aromatic nitrogens is 2. The van der Waals surface area contributed by atoms with Crippen molar-refractivity contribution in [1.82, 2.24) is 14.7 Å². The Hall–Kier alpha value is -1.86. The van der Waals surface area contributed by atoms with Crippen LogP contribution in [0.2, 0.25) is 0 Å². The number of rotatable bonds is 6. The highest BCUT2D eigenvalue weighted by atomic mass is 15.3. The van der Waals surface area contributed by atoms with Crippen LogP contribution >= 0.6 is 0 Å². The van der Waals surface area contributed by atoms with Crippen LogP contribution in [0.1, 0.15) is 26.0 Å². The monoisotopic (exact) mass is 256 g/mol. The molecule has 0 aliphatic heterocycles. The lowest BCUT2D eigenvalue weighted by Crippen LogP contribution is -2.24. The number of fused-ring (bicyclic) bond motifs is 1. The summed E-state index contributed by atoms with van der Waals surface area (Å²) >= 11 is 0. The molecule has 100 valence electrons. The molecule has 19 heavy (non-hydrogen) atoms. The van der Waals surface area contributed by atoms with Gasteiger partial charge in [-0.3, -0.25) is 9.58 Å². The summed E-state index contributed by atoms with van der Waals surface area (Å²) in [6, 6.07) is 10.5. The van der Waals surface area contributed by atoms with E-state index in [1.54, 1.807) is 0 Å². The Bertz CT molecular complexity index is 579. The first-order valence-corrected chi connectivity index (χ1v) is 6.83. The van der Waals surface area contributed by atoms with Gasteiger partial charge in [-0.25, -0.2) is 0 Å². The molecule has 0 atom stereocenters. The minimum Gasteiger partial charge on any atom is -0.297 e. The van der Waals surface area contributed by atoms with Gasteiger partial charge in [0.2, 0.25) is 0 Å². The number of nitriles is 1. The second-order valence-corrected chi connectivity index (χ2v) is 4.56. The lowest BCUT2D eigenvalue weighted by atomic mass is 10.2. The highest BCUT2D eigenvalue weighted by molar-refractivity contribution is 5.81. The average Bonchev–Trinajstić information content (AvgIpc) is 2.81. The fourth-order valence-electron chi connectivity index (χ4n) is 2.32. The molecule has 2 rings (SSSR count). The summed E-state index contributed by atoms with van der Waals surface area (Å²) < 4.78 is 2.04. The largest absolute Gasteiger partial charge is 0.297 e. The summed E-state index contributed by atoms with van der Waals surface area (Å²) in [7, 11) is 0. The Morgan fingerprint density at radius 3 is 2.79 bits per heavy atom. The first kappa shape index (κ1) is 13.6. The molecule has 0 aliphatic carbocycles. The van der Waals surface area contributed by atoms with Gasteiger partial charge in [-0.2, -0.15) is 10.4 Å². The van der Waals surface area contributed by atoms with E-state index in [0.29, 0.717) is 6.42 Å². The molecule has 0 fully saturated rings. The van der Waals surface area contributed by atoms with Crippen molar-refractivity contribution in [3.8, 4) is 6.07 Å². The SMILES string of the molecule is CCN(CCC#N)Cc1nn(CC)c2ccccc12. The van der Waals surface area contributed by atoms with Crippen LogP contribution in [0.5, 0.6) is 0 Å². The lowest BCUT2D eigenvalue weighted by Gasteiger charge is -2.17. The Kier molecular flexibility index (Phi) is 4.53. The minimum absolute atomic E-state index is 0.570. The van der Waals surface area contributed by atoms with Crippen molar-refractivity contribution in [2.24, 2.45) is 0 Å². The molecule has 0 unspecified atom stereocenters. The third-order valence-corrected chi connectivity index (χ3v) is 3.39. The average molecular weight is 256 g/mol. The van der Waals surface area contributed by atoms with Crippen molar-refractivity contribution in [2.75, 3.05) is 13.1 Å². The van der Waals surface area contributed by atoms with Crippen molar-refractivity contribution in [1.29, 1.82) is 5.26 Å². The fraction of sp³-hybridized carbons (Fsp3) is 0.467. The van der Waals surface area contributed by atoms with Crippen LogP contribution in [-0.2, 0) is 13.1 Å². The summed E-state index contributed by atoms with van der Waals surface area (Å²) in [5.41, 5.74) is 2.30. The maximum atomic E-state index is 8.69. The van der Waals surface area contributed by atoms with E-state index in [0.717, 1.165) is 31.9 Å². The predicted molar refractivity (Wildman–Crippen MR) is 76.6 cm³/mol. The molecule has 0 spiro atoms. The van der Waals surface area contributed by atoms with Gasteiger partial charge in [-0.05, 0) is 19.5 Å². The van der Waals surface area contributed by atoms with Crippen LogP contribution in [0.15, 0.2) is 24.3 Å². The molecule has 0 aliphatic rings. The molecule has 2 aromatic rings. The quantitative estimate of drug-likeness (QED) is 0.798. The lowest BCUT2D eigenvalue weighted by molar-refractivity contribution is 0.283. The topological polar surface area (TPSA) is 44.9 Å². The molecule has 4 nitrogen and oxygen atoms in total. The molecule has 0 amide bonds. The van der Waals surface area contributed by atoms with Crippen molar-refractivity contribution < 1.29 is 0 Å². The Morgan fingerprint density at radius 1 is 1.32 bits per heavy atom. The van der Waals surface area contributed by atoms with Crippen LogP contribution in [0.4, 0.5) is 0 Å². The number of hydrogen-bond acceptors (Lipinski definition) is 3. The van der Waals surface area contributed by atoms with Crippen molar-refractivity contribution in [3.05, 3.63) is 30.0 Å². The van der Waals surface area contributed by atoms with E-state index >= 15 is 0 Å². The standard InChI is InChI=1S/C15H20N4/c1-3-18(11-7-10-16)12-14-13-8-5-6-9-15(13)19(4-2)17-14/h5-6,8-9H,3-4,7,11-12H2,1-2H3. The highest BCUT2D eigenvalue weighted by Crippen LogP contribution is 2.19. The van der Waals surface area contributed by atoms with Crippen LogP contribution < -0.4 is 0 Å². The number of benzene rings is 1. The first-order valence-electron chi connectivity index (χ1n) is 6.83. The van der Waals surface area contributed by atoms with Gasteiger partial charge >= 0.3 is 0 Å². The molecule has 0 bridgehead atoms. The van der Waals surface area contributed by atoms with E-state index in [1.165, 1.54) is 10.9 Å². The van der Waals surface area contributed by atoms with Crippen LogP contribution in [0, 0.1) is 11.3 Å². The zero-order valence-electron chi connectivity index (χ0n) is 11.6. The maximum absolute atomic E-state index is 8.69. The third kappa shape index (κ3) is 2.94. The predicted octanol–water partition coefficient (Wildman–Crippen LogP) is 2.79.